The van der Waals surface area contributed by atoms with Crippen LogP contribution in [0.4, 0.5) is 11.6 Å². The third-order valence-corrected chi connectivity index (χ3v) is 4.07. The number of methoxy groups -OCH3 is 1. The molecule has 3 rings (SSSR count). The van der Waals surface area contributed by atoms with Crippen molar-refractivity contribution in [2.75, 3.05) is 17.7 Å². The molecule has 0 aliphatic heterocycles. The summed E-state index contributed by atoms with van der Waals surface area (Å²) in [4.78, 5) is 11.8. The molecule has 5 N–H and O–H groups in total. The van der Waals surface area contributed by atoms with Gasteiger partial charge in [-0.2, -0.15) is 0 Å². The van der Waals surface area contributed by atoms with Gasteiger partial charge >= 0.3 is 5.96 Å². The first-order valence-corrected chi connectivity index (χ1v) is 8.72. The second kappa shape index (κ2) is 7.96. The molecular weight excluding hydrogens is 360 g/mol. The molecule has 0 bridgehead atoms. The van der Waals surface area contributed by atoms with Crippen molar-refractivity contribution in [3.8, 4) is 5.75 Å². The average molecular weight is 381 g/mol. The van der Waals surface area contributed by atoms with Crippen molar-refractivity contribution in [2.45, 2.75) is 13.8 Å². The van der Waals surface area contributed by atoms with Gasteiger partial charge in [0.15, 0.2) is 0 Å². The molecule has 0 spiro atoms. The molecule has 1 heterocycles. The molecule has 0 amide bonds. The number of fused-ring (bicyclic) bond motifs is 1. The summed E-state index contributed by atoms with van der Waals surface area (Å²) in [6, 6.07) is 13.5. The number of guanidine groups is 1. The predicted molar refractivity (Wildman–Crippen MR) is 112 cm³/mol. The summed E-state index contributed by atoms with van der Waals surface area (Å²) < 4.78 is 5.19. The molecule has 0 unspecified atom stereocenters. The summed E-state index contributed by atoms with van der Waals surface area (Å²) >= 11 is 5.28. The number of hydrogen-bond donors (Lipinski definition) is 4. The first kappa shape index (κ1) is 18.5. The fourth-order valence-electron chi connectivity index (χ4n) is 2.59. The summed E-state index contributed by atoms with van der Waals surface area (Å²) in [5.41, 5.74) is 9.64. The maximum atomic E-state index is 6.00. The quantitative estimate of drug-likeness (QED) is 0.310. The highest BCUT2D eigenvalue weighted by molar-refractivity contribution is 7.80. The largest absolute Gasteiger partial charge is 0.497 e. The molecule has 0 fully saturated rings. The van der Waals surface area contributed by atoms with Gasteiger partial charge in [-0.25, -0.2) is 20.3 Å². The number of nitrogens with one attached hydrogen (secondary N) is 3. The molecule has 0 atom stereocenters. The Kier molecular flexibility index (Phi) is 5.46. The van der Waals surface area contributed by atoms with Gasteiger partial charge in [-0.15, -0.1) is 0 Å². The molecule has 0 radical (unpaired) electrons. The normalized spacial score (nSPS) is 11.3. The first-order chi connectivity index (χ1) is 12.9. The van der Waals surface area contributed by atoms with Crippen molar-refractivity contribution < 1.29 is 9.73 Å². The molecule has 8 heteroatoms. The number of benzene rings is 2. The summed E-state index contributed by atoms with van der Waals surface area (Å²) in [5.74, 6) is 1.36. The average Bonchev–Trinajstić information content (AvgIpc) is 2.61. The Labute approximate surface area is 162 Å². The molecule has 27 heavy (non-hydrogen) atoms. The maximum absolute atomic E-state index is 6.00. The Morgan fingerprint density at radius 1 is 1.11 bits per heavy atom. The SMILES string of the molecule is COc1cccc(NC(=S)[NH+]=C(N)Nc2nc(C)c3ccc(C)cc3n2)c1. The molecule has 138 valence electrons. The van der Waals surface area contributed by atoms with E-state index < -0.39 is 0 Å². The second-order valence-corrected chi connectivity index (χ2v) is 6.41. The number of rotatable bonds is 3. The fourth-order valence-corrected chi connectivity index (χ4v) is 2.82. The molecule has 0 saturated heterocycles. The highest BCUT2D eigenvalue weighted by Crippen LogP contribution is 2.18. The van der Waals surface area contributed by atoms with Crippen LogP contribution < -0.4 is 26.1 Å². The van der Waals surface area contributed by atoms with Gasteiger partial charge in [-0.05, 0) is 49.8 Å². The fraction of sp³-hybridized carbons (Fsp3) is 0.158. The summed E-state index contributed by atoms with van der Waals surface area (Å²) in [6.45, 7) is 3.96. The van der Waals surface area contributed by atoms with Crippen molar-refractivity contribution in [1.29, 1.82) is 0 Å². The van der Waals surface area contributed by atoms with Crippen LogP contribution in [0.1, 0.15) is 11.3 Å². The molecule has 7 nitrogen and oxygen atoms in total. The van der Waals surface area contributed by atoms with E-state index in [1.807, 2.05) is 56.3 Å². The number of aromatic nitrogens is 2. The van der Waals surface area contributed by atoms with Crippen LogP contribution in [-0.4, -0.2) is 28.1 Å². The topological polar surface area (TPSA) is 99.1 Å². The predicted octanol–water partition coefficient (Wildman–Crippen LogP) is 1.46. The highest BCUT2D eigenvalue weighted by Gasteiger charge is 2.09. The monoisotopic (exact) mass is 381 g/mol. The van der Waals surface area contributed by atoms with Gasteiger partial charge < -0.3 is 10.5 Å². The van der Waals surface area contributed by atoms with Crippen molar-refractivity contribution in [3.63, 3.8) is 0 Å². The number of hydrogen-bond acceptors (Lipinski definition) is 4. The number of nitrogens with two attached hydrogens (primary N) is 1. The van der Waals surface area contributed by atoms with Gasteiger partial charge in [-0.3, -0.25) is 5.32 Å². The van der Waals surface area contributed by atoms with Crippen molar-refractivity contribution in [1.82, 2.24) is 9.97 Å². The summed E-state index contributed by atoms with van der Waals surface area (Å²) in [6.07, 6.45) is 0. The number of nitrogens with zero attached hydrogens (tertiary/aromatic N) is 2. The van der Waals surface area contributed by atoms with E-state index in [2.05, 4.69) is 25.6 Å². The Bertz CT molecular complexity index is 1030. The van der Waals surface area contributed by atoms with E-state index in [0.717, 1.165) is 33.6 Å². The van der Waals surface area contributed by atoms with Crippen LogP contribution in [-0.2, 0) is 0 Å². The molecule has 0 aliphatic carbocycles. The zero-order chi connectivity index (χ0) is 19.4. The number of thiocarbonyl (C=S) groups is 1. The molecule has 1 aromatic heterocycles. The molecule has 3 aromatic rings. The van der Waals surface area contributed by atoms with Crippen LogP contribution in [0.2, 0.25) is 0 Å². The van der Waals surface area contributed by atoms with E-state index in [1.54, 1.807) is 7.11 Å². The number of aryl methyl sites for hydroxylation is 2. The van der Waals surface area contributed by atoms with Crippen LogP contribution in [0.3, 0.4) is 0 Å². The van der Waals surface area contributed by atoms with E-state index >= 15 is 0 Å². The minimum Gasteiger partial charge on any atom is -0.497 e. The van der Waals surface area contributed by atoms with Crippen molar-refractivity contribution >= 4 is 45.8 Å². The smallest absolute Gasteiger partial charge is 0.312 e. The number of anilines is 2. The summed E-state index contributed by atoms with van der Waals surface area (Å²) in [5, 5.41) is 7.33. The van der Waals surface area contributed by atoms with Crippen LogP contribution in [0.5, 0.6) is 5.75 Å². The van der Waals surface area contributed by atoms with Gasteiger partial charge in [0.2, 0.25) is 0 Å². The van der Waals surface area contributed by atoms with Crippen LogP contribution in [0.25, 0.3) is 10.9 Å². The molecular formula is C19H21N6OS+. The van der Waals surface area contributed by atoms with E-state index in [1.165, 1.54) is 0 Å². The molecule has 0 saturated carbocycles. The lowest BCUT2D eigenvalue weighted by Gasteiger charge is -2.06. The van der Waals surface area contributed by atoms with Gasteiger partial charge in [0.1, 0.15) is 5.75 Å². The molecule has 0 aliphatic rings. The van der Waals surface area contributed by atoms with Gasteiger partial charge in [0.05, 0.1) is 24.0 Å². The summed E-state index contributed by atoms with van der Waals surface area (Å²) in [7, 11) is 1.61. The van der Waals surface area contributed by atoms with E-state index in [4.69, 9.17) is 22.7 Å². The lowest BCUT2D eigenvalue weighted by molar-refractivity contribution is -0.311. The Balaban J connectivity index is 1.74. The Morgan fingerprint density at radius 3 is 2.70 bits per heavy atom. The van der Waals surface area contributed by atoms with Crippen LogP contribution in [0.15, 0.2) is 42.5 Å². The second-order valence-electron chi connectivity index (χ2n) is 6.00. The van der Waals surface area contributed by atoms with E-state index in [0.29, 0.717) is 11.1 Å². The van der Waals surface area contributed by atoms with Crippen molar-refractivity contribution in [2.24, 2.45) is 5.73 Å². The van der Waals surface area contributed by atoms with Crippen LogP contribution in [0, 0.1) is 13.8 Å². The Hall–Kier alpha value is -3.26. The van der Waals surface area contributed by atoms with E-state index in [9.17, 15) is 0 Å². The molecule has 2 aromatic carbocycles. The van der Waals surface area contributed by atoms with E-state index in [-0.39, 0.29) is 5.96 Å². The van der Waals surface area contributed by atoms with Gasteiger partial charge in [-0.1, -0.05) is 18.2 Å². The van der Waals surface area contributed by atoms with Gasteiger partial charge in [0, 0.05) is 11.5 Å². The Morgan fingerprint density at radius 2 is 1.93 bits per heavy atom. The zero-order valence-electron chi connectivity index (χ0n) is 15.3. The highest BCUT2D eigenvalue weighted by atomic mass is 32.1. The standard InChI is InChI=1S/C19H20N6OS/c1-11-7-8-15-12(2)21-18(23-16(15)9-11)24-17(20)25-19(27)22-13-5-4-6-14(10-13)26-3/h4-10H,1-3H3,(H4,20,21,22,23,24,25,27)/p+1. The third-order valence-electron chi connectivity index (χ3n) is 3.87. The number of ether oxygens (including phenoxy) is 1. The minimum atomic E-state index is 0.224. The van der Waals surface area contributed by atoms with Crippen LogP contribution >= 0.6 is 12.2 Å². The lowest BCUT2D eigenvalue weighted by atomic mass is 10.1. The maximum Gasteiger partial charge on any atom is 0.312 e. The zero-order valence-corrected chi connectivity index (χ0v) is 16.1. The first-order valence-electron chi connectivity index (χ1n) is 8.31. The third kappa shape index (κ3) is 4.68. The van der Waals surface area contributed by atoms with Crippen molar-refractivity contribution in [3.05, 3.63) is 53.7 Å². The van der Waals surface area contributed by atoms with Gasteiger partial charge in [0.25, 0.3) is 11.1 Å². The lowest BCUT2D eigenvalue weighted by Crippen LogP contribution is -2.82. The minimum absolute atomic E-state index is 0.224.